The quantitative estimate of drug-likeness (QED) is 0.280. The Balaban J connectivity index is 1.38. The summed E-state index contributed by atoms with van der Waals surface area (Å²) in [7, 11) is 0. The summed E-state index contributed by atoms with van der Waals surface area (Å²) >= 11 is 0. The summed E-state index contributed by atoms with van der Waals surface area (Å²) in [5.74, 6) is -3.81. The van der Waals surface area contributed by atoms with E-state index in [0.717, 1.165) is 12.1 Å². The molecule has 4 aromatic rings. The zero-order valence-electron chi connectivity index (χ0n) is 20.8. The van der Waals surface area contributed by atoms with Crippen molar-refractivity contribution < 1.29 is 31.1 Å². The number of rotatable bonds is 4. The summed E-state index contributed by atoms with van der Waals surface area (Å²) in [5.41, 5.74) is 0.950. The third kappa shape index (κ3) is 4.72. The lowest BCUT2D eigenvalue weighted by Gasteiger charge is -2.28. The van der Waals surface area contributed by atoms with Gasteiger partial charge in [0.15, 0.2) is 5.65 Å². The maximum Gasteiger partial charge on any atom is 0.416 e. The van der Waals surface area contributed by atoms with Gasteiger partial charge in [0.2, 0.25) is 0 Å². The first-order valence-electron chi connectivity index (χ1n) is 12.3. The van der Waals surface area contributed by atoms with Crippen LogP contribution in [0.3, 0.4) is 0 Å². The molecular formula is C26H22F6N6O. The molecule has 3 aromatic heterocycles. The van der Waals surface area contributed by atoms with Gasteiger partial charge in [-0.3, -0.25) is 4.68 Å². The molecule has 1 aliphatic heterocycles. The first kappa shape index (κ1) is 25.7. The van der Waals surface area contributed by atoms with Crippen LogP contribution in [-0.4, -0.2) is 42.2 Å². The van der Waals surface area contributed by atoms with Gasteiger partial charge >= 0.3 is 6.18 Å². The van der Waals surface area contributed by atoms with Gasteiger partial charge in [-0.1, -0.05) is 0 Å². The predicted octanol–water partition coefficient (Wildman–Crippen LogP) is 6.27. The Labute approximate surface area is 218 Å². The smallest absolute Gasteiger partial charge is 0.373 e. The van der Waals surface area contributed by atoms with Gasteiger partial charge in [-0.25, -0.2) is 33.1 Å². The fourth-order valence-electron chi connectivity index (χ4n) is 4.82. The van der Waals surface area contributed by atoms with E-state index in [1.807, 2.05) is 0 Å². The molecule has 7 nitrogen and oxygen atoms in total. The SMILES string of the molecule is Cc1nc2nc(C3CCOC(c4cnn(C5CC5(F)F)c4)C3)nc(-c3ccc(C(F)(F)F)cc3F)c2nc1C. The summed E-state index contributed by atoms with van der Waals surface area (Å²) in [6.45, 7) is 3.78. The van der Waals surface area contributed by atoms with Crippen LogP contribution in [-0.2, 0) is 10.9 Å². The molecule has 3 unspecified atom stereocenters. The number of alkyl halides is 5. The number of hydrogen-bond acceptors (Lipinski definition) is 6. The molecule has 4 heterocycles. The Hall–Kier alpha value is -3.61. The Morgan fingerprint density at radius 1 is 1.05 bits per heavy atom. The van der Waals surface area contributed by atoms with E-state index in [-0.39, 0.29) is 34.8 Å². The Bertz CT molecular complexity index is 1590. The minimum absolute atomic E-state index is 0.0450. The second kappa shape index (κ2) is 8.97. The predicted molar refractivity (Wildman–Crippen MR) is 126 cm³/mol. The van der Waals surface area contributed by atoms with E-state index in [1.54, 1.807) is 20.0 Å². The van der Waals surface area contributed by atoms with Gasteiger partial charge < -0.3 is 4.74 Å². The molecule has 1 aliphatic carbocycles. The van der Waals surface area contributed by atoms with Gasteiger partial charge in [0, 0.05) is 36.3 Å². The van der Waals surface area contributed by atoms with Crippen molar-refractivity contribution in [3.05, 3.63) is 64.7 Å². The number of hydrogen-bond donors (Lipinski definition) is 0. The van der Waals surface area contributed by atoms with Crippen LogP contribution in [0.1, 0.15) is 65.7 Å². The van der Waals surface area contributed by atoms with E-state index in [4.69, 9.17) is 4.74 Å². The minimum Gasteiger partial charge on any atom is -0.373 e. The maximum atomic E-state index is 15.1. The van der Waals surface area contributed by atoms with Crippen LogP contribution < -0.4 is 0 Å². The highest BCUT2D eigenvalue weighted by Gasteiger charge is 2.59. The maximum absolute atomic E-state index is 15.1. The second-order valence-electron chi connectivity index (χ2n) is 10.0. The highest BCUT2D eigenvalue weighted by atomic mass is 19.4. The Kier molecular flexibility index (Phi) is 5.90. The van der Waals surface area contributed by atoms with Crippen LogP contribution in [0.15, 0.2) is 30.6 Å². The molecule has 1 saturated carbocycles. The molecule has 1 saturated heterocycles. The summed E-state index contributed by atoms with van der Waals surface area (Å²) in [6.07, 6.45) is -1.44. The number of fused-ring (bicyclic) bond motifs is 1. The lowest BCUT2D eigenvalue weighted by Crippen LogP contribution is -2.20. The minimum atomic E-state index is -4.70. The van der Waals surface area contributed by atoms with Gasteiger partial charge in [0.1, 0.15) is 28.9 Å². The number of aryl methyl sites for hydroxylation is 2. The van der Waals surface area contributed by atoms with Crippen molar-refractivity contribution in [2.24, 2.45) is 0 Å². The lowest BCUT2D eigenvalue weighted by molar-refractivity contribution is -0.137. The highest BCUT2D eigenvalue weighted by molar-refractivity contribution is 5.87. The molecule has 39 heavy (non-hydrogen) atoms. The third-order valence-electron chi connectivity index (χ3n) is 7.27. The summed E-state index contributed by atoms with van der Waals surface area (Å²) < 4.78 is 88.6. The van der Waals surface area contributed by atoms with Crippen molar-refractivity contribution in [1.82, 2.24) is 29.7 Å². The molecule has 0 N–H and O–H groups in total. The first-order valence-corrected chi connectivity index (χ1v) is 12.3. The number of aromatic nitrogens is 6. The molecule has 0 radical (unpaired) electrons. The van der Waals surface area contributed by atoms with Crippen LogP contribution in [0.4, 0.5) is 26.3 Å². The number of halogens is 6. The van der Waals surface area contributed by atoms with Gasteiger partial charge in [0.05, 0.1) is 29.3 Å². The molecule has 0 bridgehead atoms. The summed E-state index contributed by atoms with van der Waals surface area (Å²) in [6, 6.07) is 1.31. The lowest BCUT2D eigenvalue weighted by atomic mass is 9.92. The average Bonchev–Trinajstić information content (AvgIpc) is 3.28. The molecule has 0 spiro atoms. The molecule has 2 aliphatic rings. The number of ether oxygens (including phenoxy) is 1. The normalized spacial score (nSPS) is 22.8. The van der Waals surface area contributed by atoms with Gasteiger partial charge in [0.25, 0.3) is 5.92 Å². The zero-order valence-corrected chi connectivity index (χ0v) is 20.8. The molecule has 13 heteroatoms. The van der Waals surface area contributed by atoms with Crippen molar-refractivity contribution in [2.45, 2.75) is 63.3 Å². The molecule has 1 aromatic carbocycles. The molecule has 0 amide bonds. The van der Waals surface area contributed by atoms with Crippen molar-refractivity contribution in [1.29, 1.82) is 0 Å². The van der Waals surface area contributed by atoms with Crippen LogP contribution >= 0.6 is 0 Å². The zero-order chi connectivity index (χ0) is 27.7. The van der Waals surface area contributed by atoms with Crippen molar-refractivity contribution in [3.8, 4) is 11.3 Å². The Morgan fingerprint density at radius 3 is 2.49 bits per heavy atom. The van der Waals surface area contributed by atoms with Crippen LogP contribution in [0.5, 0.6) is 0 Å². The monoisotopic (exact) mass is 548 g/mol. The topological polar surface area (TPSA) is 78.6 Å². The molecule has 6 rings (SSSR count). The van der Waals surface area contributed by atoms with Crippen molar-refractivity contribution in [2.75, 3.05) is 6.61 Å². The highest BCUT2D eigenvalue weighted by Crippen LogP contribution is 2.52. The average molecular weight is 548 g/mol. The van der Waals surface area contributed by atoms with Gasteiger partial charge in [-0.2, -0.15) is 18.3 Å². The van der Waals surface area contributed by atoms with Crippen LogP contribution in [0.2, 0.25) is 0 Å². The Morgan fingerprint density at radius 2 is 1.79 bits per heavy atom. The summed E-state index contributed by atoms with van der Waals surface area (Å²) in [5, 5.41) is 4.08. The number of benzene rings is 1. The largest absolute Gasteiger partial charge is 0.416 e. The first-order chi connectivity index (χ1) is 18.4. The van der Waals surface area contributed by atoms with Gasteiger partial charge in [-0.15, -0.1) is 0 Å². The van der Waals surface area contributed by atoms with E-state index >= 15 is 4.39 Å². The van der Waals surface area contributed by atoms with E-state index in [1.165, 1.54) is 10.9 Å². The van der Waals surface area contributed by atoms with E-state index in [9.17, 15) is 22.0 Å². The van der Waals surface area contributed by atoms with Crippen LogP contribution in [0.25, 0.3) is 22.4 Å². The number of nitrogens with zero attached hydrogens (tertiary/aromatic N) is 6. The van der Waals surface area contributed by atoms with Crippen LogP contribution in [0, 0.1) is 19.7 Å². The molecule has 204 valence electrons. The fourth-order valence-corrected chi connectivity index (χ4v) is 4.82. The van der Waals surface area contributed by atoms with E-state index in [2.05, 4.69) is 25.0 Å². The fraction of sp³-hybridized carbons (Fsp3) is 0.423. The second-order valence-corrected chi connectivity index (χ2v) is 10.0. The third-order valence-corrected chi connectivity index (χ3v) is 7.27. The van der Waals surface area contributed by atoms with Gasteiger partial charge in [-0.05, 0) is 44.9 Å². The van der Waals surface area contributed by atoms with E-state index in [0.29, 0.717) is 48.3 Å². The van der Waals surface area contributed by atoms with Crippen molar-refractivity contribution >= 4 is 11.2 Å². The van der Waals surface area contributed by atoms with E-state index < -0.39 is 35.6 Å². The standard InChI is InChI=1S/C26H22F6N6O/c1-12-13(2)35-24-22(34-12)21(17-4-3-16(8-18(17)27)26(30,31)32)36-23(37-24)14-5-6-39-19(7-14)15-10-33-38(11-15)20-9-25(20,28)29/h3-4,8,10-11,14,19-20H,5-7,9H2,1-2H3. The molecule has 3 atom stereocenters. The molecule has 2 fully saturated rings. The molecular weight excluding hydrogens is 526 g/mol. The van der Waals surface area contributed by atoms with Crippen molar-refractivity contribution in [3.63, 3.8) is 0 Å². The summed E-state index contributed by atoms with van der Waals surface area (Å²) in [4.78, 5) is 18.2.